The molecule has 0 unspecified atom stereocenters. The molecule has 0 aliphatic carbocycles. The summed E-state index contributed by atoms with van der Waals surface area (Å²) in [6, 6.07) is 2.00. The van der Waals surface area contributed by atoms with E-state index in [9.17, 15) is 0 Å². The van der Waals surface area contributed by atoms with Crippen molar-refractivity contribution in [2.24, 2.45) is 0 Å². The molecule has 1 rings (SSSR count). The molecule has 90 valence electrons. The Hall–Kier alpha value is -0.900. The summed E-state index contributed by atoms with van der Waals surface area (Å²) in [5.41, 5.74) is 7.54. The number of pyridine rings is 1. The molecule has 0 spiro atoms. The molecular weight excluding hydrogens is 218 g/mol. The van der Waals surface area contributed by atoms with Gasteiger partial charge in [0.05, 0.1) is 11.9 Å². The molecule has 1 heterocycles. The summed E-state index contributed by atoms with van der Waals surface area (Å²) < 4.78 is 0. The van der Waals surface area contributed by atoms with E-state index in [0.717, 1.165) is 23.6 Å². The van der Waals surface area contributed by atoms with Gasteiger partial charge in [-0.05, 0) is 43.4 Å². The van der Waals surface area contributed by atoms with E-state index < -0.39 is 0 Å². The highest BCUT2D eigenvalue weighted by Crippen LogP contribution is 2.13. The Morgan fingerprint density at radius 2 is 2.19 bits per heavy atom. The number of hydrogen-bond acceptors (Lipinski definition) is 4. The van der Waals surface area contributed by atoms with Crippen LogP contribution in [0.4, 0.5) is 11.5 Å². The monoisotopic (exact) mass is 239 g/mol. The lowest BCUT2D eigenvalue weighted by Gasteiger charge is -2.07. The first-order valence-corrected chi connectivity index (χ1v) is 7.08. The van der Waals surface area contributed by atoms with Crippen molar-refractivity contribution in [3.63, 3.8) is 0 Å². The molecule has 16 heavy (non-hydrogen) atoms. The van der Waals surface area contributed by atoms with Gasteiger partial charge in [-0.15, -0.1) is 0 Å². The fourth-order valence-corrected chi connectivity index (χ4v) is 1.92. The van der Waals surface area contributed by atoms with Gasteiger partial charge >= 0.3 is 0 Å². The minimum atomic E-state index is 0.755. The van der Waals surface area contributed by atoms with Crippen LogP contribution in [0, 0.1) is 6.92 Å². The summed E-state index contributed by atoms with van der Waals surface area (Å²) in [5.74, 6) is 2.19. The van der Waals surface area contributed by atoms with E-state index in [2.05, 4.69) is 16.6 Å². The van der Waals surface area contributed by atoms with Crippen molar-refractivity contribution in [1.82, 2.24) is 4.98 Å². The number of unbranched alkanes of at least 4 members (excludes halogenated alkanes) is 2. The first-order chi connectivity index (χ1) is 7.74. The lowest BCUT2D eigenvalue weighted by atomic mass is 10.2. The van der Waals surface area contributed by atoms with Crippen LogP contribution in [0.5, 0.6) is 0 Å². The van der Waals surface area contributed by atoms with Crippen molar-refractivity contribution in [3.05, 3.63) is 17.8 Å². The van der Waals surface area contributed by atoms with E-state index in [0.29, 0.717) is 0 Å². The van der Waals surface area contributed by atoms with Crippen LogP contribution in [0.3, 0.4) is 0 Å². The zero-order valence-electron chi connectivity index (χ0n) is 10.1. The third kappa shape index (κ3) is 4.75. The van der Waals surface area contributed by atoms with E-state index in [1.807, 2.05) is 24.8 Å². The topological polar surface area (TPSA) is 50.9 Å². The highest BCUT2D eigenvalue weighted by molar-refractivity contribution is 7.98. The number of hydrogen-bond donors (Lipinski definition) is 2. The second-order valence-corrected chi connectivity index (χ2v) is 4.89. The predicted octanol–water partition coefficient (Wildman–Crippen LogP) is 2.92. The summed E-state index contributed by atoms with van der Waals surface area (Å²) in [6.45, 7) is 2.99. The molecule has 3 nitrogen and oxygen atoms in total. The molecule has 0 fully saturated rings. The molecule has 0 amide bonds. The van der Waals surface area contributed by atoms with Crippen LogP contribution < -0.4 is 11.1 Å². The van der Waals surface area contributed by atoms with Gasteiger partial charge in [-0.1, -0.05) is 6.42 Å². The lowest BCUT2D eigenvalue weighted by Crippen LogP contribution is -2.04. The Balaban J connectivity index is 2.19. The predicted molar refractivity (Wildman–Crippen MR) is 74.1 cm³/mol. The SMILES string of the molecule is CSCCCCCNc1cc(C)c(N)cn1. The number of nitrogen functional groups attached to an aromatic ring is 1. The van der Waals surface area contributed by atoms with E-state index in [1.165, 1.54) is 25.0 Å². The summed E-state index contributed by atoms with van der Waals surface area (Å²) in [5, 5.41) is 3.32. The Morgan fingerprint density at radius 3 is 2.88 bits per heavy atom. The number of nitrogens with zero attached hydrogens (tertiary/aromatic N) is 1. The van der Waals surface area contributed by atoms with E-state index in [-0.39, 0.29) is 0 Å². The van der Waals surface area contributed by atoms with E-state index in [4.69, 9.17) is 5.73 Å². The molecule has 4 heteroatoms. The third-order valence-electron chi connectivity index (χ3n) is 2.48. The number of aromatic nitrogens is 1. The molecule has 0 radical (unpaired) electrons. The molecule has 0 bridgehead atoms. The van der Waals surface area contributed by atoms with Crippen molar-refractivity contribution in [1.29, 1.82) is 0 Å². The molecule has 0 saturated heterocycles. The molecule has 0 saturated carbocycles. The highest BCUT2D eigenvalue weighted by Gasteiger charge is 1.97. The lowest BCUT2D eigenvalue weighted by molar-refractivity contribution is 0.748. The van der Waals surface area contributed by atoms with Crippen molar-refractivity contribution >= 4 is 23.3 Å². The maximum absolute atomic E-state index is 5.71. The van der Waals surface area contributed by atoms with Crippen LogP contribution >= 0.6 is 11.8 Å². The molecule has 0 aliphatic rings. The minimum Gasteiger partial charge on any atom is -0.397 e. The van der Waals surface area contributed by atoms with Crippen LogP contribution in [0.25, 0.3) is 0 Å². The molecule has 1 aromatic heterocycles. The van der Waals surface area contributed by atoms with Gasteiger partial charge in [0.15, 0.2) is 0 Å². The maximum atomic E-state index is 5.71. The zero-order chi connectivity index (χ0) is 11.8. The third-order valence-corrected chi connectivity index (χ3v) is 3.18. The van der Waals surface area contributed by atoms with Crippen LogP contribution in [0.15, 0.2) is 12.3 Å². The van der Waals surface area contributed by atoms with Gasteiger partial charge in [-0.25, -0.2) is 4.98 Å². The first kappa shape index (κ1) is 13.2. The molecule has 0 aliphatic heterocycles. The summed E-state index contributed by atoms with van der Waals surface area (Å²) >= 11 is 1.91. The van der Waals surface area contributed by atoms with Gasteiger partial charge in [0.1, 0.15) is 5.82 Å². The number of thioether (sulfide) groups is 1. The summed E-state index contributed by atoms with van der Waals surface area (Å²) in [6.07, 6.45) is 7.65. The Bertz CT molecular complexity index is 315. The smallest absolute Gasteiger partial charge is 0.126 e. The van der Waals surface area contributed by atoms with Gasteiger partial charge in [0.25, 0.3) is 0 Å². The fraction of sp³-hybridized carbons (Fsp3) is 0.583. The molecule has 0 aromatic carbocycles. The average molecular weight is 239 g/mol. The van der Waals surface area contributed by atoms with Gasteiger partial charge in [-0.2, -0.15) is 11.8 Å². The van der Waals surface area contributed by atoms with Crippen LogP contribution in [0.1, 0.15) is 24.8 Å². The van der Waals surface area contributed by atoms with Gasteiger partial charge < -0.3 is 11.1 Å². The maximum Gasteiger partial charge on any atom is 0.126 e. The number of rotatable bonds is 7. The normalized spacial score (nSPS) is 10.4. The highest BCUT2D eigenvalue weighted by atomic mass is 32.2. The quantitative estimate of drug-likeness (QED) is 0.718. The van der Waals surface area contributed by atoms with Crippen LogP contribution in [-0.2, 0) is 0 Å². The van der Waals surface area contributed by atoms with Crippen LogP contribution in [-0.4, -0.2) is 23.5 Å². The minimum absolute atomic E-state index is 0.755. The first-order valence-electron chi connectivity index (χ1n) is 5.69. The molecule has 1 aromatic rings. The Morgan fingerprint density at radius 1 is 1.38 bits per heavy atom. The largest absolute Gasteiger partial charge is 0.397 e. The molecule has 0 atom stereocenters. The van der Waals surface area contributed by atoms with E-state index >= 15 is 0 Å². The summed E-state index contributed by atoms with van der Waals surface area (Å²) in [7, 11) is 0. The van der Waals surface area contributed by atoms with Gasteiger partial charge in [0, 0.05) is 6.54 Å². The molecule has 3 N–H and O–H groups in total. The van der Waals surface area contributed by atoms with Gasteiger partial charge in [0.2, 0.25) is 0 Å². The summed E-state index contributed by atoms with van der Waals surface area (Å²) in [4.78, 5) is 4.23. The standard InChI is InChI=1S/C12H21N3S/c1-10-8-12(15-9-11(10)13)14-6-4-3-5-7-16-2/h8-9H,3-7,13H2,1-2H3,(H,14,15). The average Bonchev–Trinajstić information content (AvgIpc) is 2.28. The number of anilines is 2. The second-order valence-electron chi connectivity index (χ2n) is 3.91. The Kier molecular flexibility index (Phi) is 6.08. The zero-order valence-corrected chi connectivity index (χ0v) is 10.9. The van der Waals surface area contributed by atoms with Gasteiger partial charge in [-0.3, -0.25) is 0 Å². The van der Waals surface area contributed by atoms with Crippen molar-refractivity contribution in [2.45, 2.75) is 26.2 Å². The number of nitrogens with one attached hydrogen (secondary N) is 1. The van der Waals surface area contributed by atoms with Crippen molar-refractivity contribution in [3.8, 4) is 0 Å². The molecular formula is C12H21N3S. The number of aryl methyl sites for hydroxylation is 1. The Labute approximate surface area is 102 Å². The van der Waals surface area contributed by atoms with Crippen molar-refractivity contribution < 1.29 is 0 Å². The van der Waals surface area contributed by atoms with Crippen molar-refractivity contribution in [2.75, 3.05) is 29.6 Å². The second kappa shape index (κ2) is 7.39. The van der Waals surface area contributed by atoms with Crippen LogP contribution in [0.2, 0.25) is 0 Å². The number of nitrogens with two attached hydrogens (primary N) is 1. The van der Waals surface area contributed by atoms with E-state index in [1.54, 1.807) is 6.20 Å². The fourth-order valence-electron chi connectivity index (χ4n) is 1.43.